The second-order valence-corrected chi connectivity index (χ2v) is 8.70. The molecule has 176 valence electrons. The Morgan fingerprint density at radius 1 is 1.00 bits per heavy atom. The first-order valence-corrected chi connectivity index (χ1v) is 11.7. The predicted octanol–water partition coefficient (Wildman–Crippen LogP) is 4.42. The molecule has 0 unspecified atom stereocenters. The minimum Gasteiger partial charge on any atom is -0.494 e. The van der Waals surface area contributed by atoms with E-state index in [4.69, 9.17) is 20.4 Å². The zero-order valence-electron chi connectivity index (χ0n) is 18.8. The summed E-state index contributed by atoms with van der Waals surface area (Å²) in [6.07, 6.45) is 6.07. The lowest BCUT2D eigenvalue weighted by atomic mass is 10.1. The van der Waals surface area contributed by atoms with Crippen LogP contribution in [0.5, 0.6) is 11.5 Å². The monoisotopic (exact) mass is 478 g/mol. The summed E-state index contributed by atoms with van der Waals surface area (Å²) in [6, 6.07) is 15.1. The third-order valence-corrected chi connectivity index (χ3v) is 6.02. The number of benzene rings is 2. The Morgan fingerprint density at radius 2 is 1.65 bits per heavy atom. The largest absolute Gasteiger partial charge is 0.494 e. The third kappa shape index (κ3) is 5.90. The van der Waals surface area contributed by atoms with Crippen LogP contribution in [0.3, 0.4) is 0 Å². The van der Waals surface area contributed by atoms with E-state index in [-0.39, 0.29) is 5.84 Å². The molecule has 0 radical (unpaired) electrons. The summed E-state index contributed by atoms with van der Waals surface area (Å²) in [6.45, 7) is 3.25. The van der Waals surface area contributed by atoms with E-state index in [1.165, 1.54) is 6.33 Å². The number of nitrogens with two attached hydrogens (primary N) is 1. The van der Waals surface area contributed by atoms with Crippen LogP contribution in [0.4, 0.5) is 0 Å². The van der Waals surface area contributed by atoms with Gasteiger partial charge in [-0.25, -0.2) is 14.6 Å². The zero-order chi connectivity index (χ0) is 23.8. The Bertz CT molecular complexity index is 1200. The number of amidine groups is 1. The number of nitrogens with zero attached hydrogens (tertiary/aromatic N) is 5. The number of aryl methyl sites for hydroxylation is 1. The molecule has 3 N–H and O–H groups in total. The maximum Gasteiger partial charge on any atom is 0.170 e. The van der Waals surface area contributed by atoms with Crippen LogP contribution in [0.1, 0.15) is 29.8 Å². The summed E-state index contributed by atoms with van der Waals surface area (Å²) < 4.78 is 13.4. The summed E-state index contributed by atoms with van der Waals surface area (Å²) in [7, 11) is 0. The first-order chi connectivity index (χ1) is 16.6. The topological polar surface area (TPSA) is 121 Å². The quantitative estimate of drug-likeness (QED) is 0.108. The summed E-state index contributed by atoms with van der Waals surface area (Å²) >= 11 is 1.58. The van der Waals surface area contributed by atoms with Crippen LogP contribution >= 0.6 is 11.3 Å². The van der Waals surface area contributed by atoms with Crippen molar-refractivity contribution >= 4 is 17.2 Å². The van der Waals surface area contributed by atoms with Gasteiger partial charge in [-0.05, 0) is 74.7 Å². The van der Waals surface area contributed by atoms with Crippen LogP contribution < -0.4 is 15.2 Å². The lowest BCUT2D eigenvalue weighted by Gasteiger charge is -2.09. The first kappa shape index (κ1) is 23.2. The number of rotatable bonds is 11. The summed E-state index contributed by atoms with van der Waals surface area (Å²) in [5.41, 5.74) is 8.10. The van der Waals surface area contributed by atoms with E-state index in [1.54, 1.807) is 34.5 Å². The van der Waals surface area contributed by atoms with Gasteiger partial charge in [-0.1, -0.05) is 16.5 Å². The molecule has 0 atom stereocenters. The van der Waals surface area contributed by atoms with Crippen molar-refractivity contribution in [3.63, 3.8) is 0 Å². The van der Waals surface area contributed by atoms with Gasteiger partial charge in [0.05, 0.1) is 18.2 Å². The number of thiazole rings is 1. The first-order valence-electron chi connectivity index (χ1n) is 10.9. The van der Waals surface area contributed by atoms with Crippen LogP contribution in [-0.2, 0) is 0 Å². The minimum absolute atomic E-state index is 0.0796. The number of hydrogen-bond donors (Lipinski definition) is 2. The molecule has 10 heteroatoms. The van der Waals surface area contributed by atoms with Crippen LogP contribution in [-0.4, -0.2) is 44.0 Å². The smallest absolute Gasteiger partial charge is 0.170 e. The van der Waals surface area contributed by atoms with E-state index < -0.39 is 0 Å². The molecule has 0 saturated heterocycles. The third-order valence-electron chi connectivity index (χ3n) is 5.05. The SMILES string of the molecule is Cc1nc(-c2ccc(OCCCCCOc3ccc(/C(N)=N\O)cc3)cc2)c(-n2cncn2)s1. The van der Waals surface area contributed by atoms with Gasteiger partial charge in [0.25, 0.3) is 0 Å². The number of ether oxygens (including phenoxy) is 2. The Hall–Kier alpha value is -3.92. The molecule has 0 amide bonds. The highest BCUT2D eigenvalue weighted by molar-refractivity contribution is 7.14. The molecule has 34 heavy (non-hydrogen) atoms. The standard InChI is InChI=1S/C24H26N6O3S/c1-17-28-22(24(34-17)30-16-26-15-27-30)18-5-9-20(10-6-18)32-13-3-2-4-14-33-21-11-7-19(8-12-21)23(25)29-31/h5-12,15-16,31H,2-4,13-14H2,1H3,(H2,25,29). The van der Waals surface area contributed by atoms with E-state index in [1.807, 2.05) is 43.3 Å². The van der Waals surface area contributed by atoms with Gasteiger partial charge in [0.15, 0.2) is 5.84 Å². The van der Waals surface area contributed by atoms with Crippen LogP contribution in [0.25, 0.3) is 16.3 Å². The molecule has 0 bridgehead atoms. The number of oxime groups is 1. The van der Waals surface area contributed by atoms with E-state index in [0.29, 0.717) is 18.8 Å². The van der Waals surface area contributed by atoms with Crippen LogP contribution in [0.2, 0.25) is 0 Å². The minimum atomic E-state index is 0.0796. The summed E-state index contributed by atoms with van der Waals surface area (Å²) in [4.78, 5) is 8.70. The van der Waals surface area contributed by atoms with Crippen molar-refractivity contribution in [1.82, 2.24) is 19.7 Å². The van der Waals surface area contributed by atoms with Crippen LogP contribution in [0, 0.1) is 6.92 Å². The fraction of sp³-hybridized carbons (Fsp3) is 0.250. The molecule has 9 nitrogen and oxygen atoms in total. The molecule has 2 heterocycles. The summed E-state index contributed by atoms with van der Waals surface area (Å²) in [5.74, 6) is 1.67. The Morgan fingerprint density at radius 3 is 2.24 bits per heavy atom. The molecule has 0 saturated carbocycles. The highest BCUT2D eigenvalue weighted by Crippen LogP contribution is 2.31. The van der Waals surface area contributed by atoms with Gasteiger partial charge in [0.2, 0.25) is 0 Å². The fourth-order valence-corrected chi connectivity index (χ4v) is 4.19. The zero-order valence-corrected chi connectivity index (χ0v) is 19.6. The molecule has 0 aliphatic carbocycles. The van der Waals surface area contributed by atoms with Crippen molar-refractivity contribution in [2.24, 2.45) is 10.9 Å². The average Bonchev–Trinajstić information content (AvgIpc) is 3.53. The normalized spacial score (nSPS) is 11.5. The molecule has 0 aliphatic rings. The maximum atomic E-state index is 8.69. The van der Waals surface area contributed by atoms with Crippen molar-refractivity contribution in [3.8, 4) is 27.8 Å². The summed E-state index contributed by atoms with van der Waals surface area (Å²) in [5, 5.41) is 17.8. The highest BCUT2D eigenvalue weighted by atomic mass is 32.1. The number of unbranched alkanes of at least 4 members (excludes halogenated alkanes) is 2. The molecule has 2 aromatic heterocycles. The number of aromatic nitrogens is 4. The van der Waals surface area contributed by atoms with Gasteiger partial charge in [-0.3, -0.25) is 0 Å². The second kappa shape index (κ2) is 11.3. The van der Waals surface area contributed by atoms with Gasteiger partial charge in [0.1, 0.15) is 34.8 Å². The average molecular weight is 479 g/mol. The fourth-order valence-electron chi connectivity index (χ4n) is 3.32. The maximum absolute atomic E-state index is 8.69. The molecular weight excluding hydrogens is 452 g/mol. The van der Waals surface area contributed by atoms with Gasteiger partial charge in [0, 0.05) is 11.1 Å². The predicted molar refractivity (Wildman–Crippen MR) is 131 cm³/mol. The van der Waals surface area contributed by atoms with E-state index >= 15 is 0 Å². The van der Waals surface area contributed by atoms with Gasteiger partial charge < -0.3 is 20.4 Å². The molecule has 4 aromatic rings. The van der Waals surface area contributed by atoms with E-state index in [2.05, 4.69) is 20.2 Å². The van der Waals surface area contributed by atoms with E-state index in [0.717, 1.165) is 52.0 Å². The lowest BCUT2D eigenvalue weighted by Crippen LogP contribution is -2.12. The number of hydrogen-bond acceptors (Lipinski definition) is 8. The van der Waals surface area contributed by atoms with E-state index in [9.17, 15) is 0 Å². The van der Waals surface area contributed by atoms with Crippen molar-refractivity contribution in [3.05, 3.63) is 71.8 Å². The Labute approximate surface area is 201 Å². The Balaban J connectivity index is 1.18. The van der Waals surface area contributed by atoms with Gasteiger partial charge >= 0.3 is 0 Å². The second-order valence-electron chi connectivity index (χ2n) is 7.52. The lowest BCUT2D eigenvalue weighted by molar-refractivity contribution is 0.279. The molecule has 0 aliphatic heterocycles. The van der Waals surface area contributed by atoms with Gasteiger partial charge in [-0.2, -0.15) is 5.10 Å². The molecule has 2 aromatic carbocycles. The molecule has 4 rings (SSSR count). The molecular formula is C24H26N6O3S. The van der Waals surface area contributed by atoms with Crippen molar-refractivity contribution in [1.29, 1.82) is 0 Å². The van der Waals surface area contributed by atoms with Crippen molar-refractivity contribution in [2.45, 2.75) is 26.2 Å². The Kier molecular flexibility index (Phi) is 7.71. The van der Waals surface area contributed by atoms with Crippen molar-refractivity contribution < 1.29 is 14.7 Å². The highest BCUT2D eigenvalue weighted by Gasteiger charge is 2.14. The van der Waals surface area contributed by atoms with Crippen molar-refractivity contribution in [2.75, 3.05) is 13.2 Å². The van der Waals surface area contributed by atoms with Gasteiger partial charge in [-0.15, -0.1) is 0 Å². The molecule has 0 spiro atoms. The van der Waals surface area contributed by atoms with Crippen LogP contribution in [0.15, 0.2) is 66.3 Å². The molecule has 0 fully saturated rings.